The summed E-state index contributed by atoms with van der Waals surface area (Å²) in [5.41, 5.74) is 0. The van der Waals surface area contributed by atoms with E-state index in [1.54, 1.807) is 12.4 Å². The van der Waals surface area contributed by atoms with Gasteiger partial charge in [0.05, 0.1) is 0 Å². The summed E-state index contributed by atoms with van der Waals surface area (Å²) in [6, 6.07) is 0. The van der Waals surface area contributed by atoms with Gasteiger partial charge in [0.25, 0.3) is 0 Å². The topological polar surface area (TPSA) is 17.1 Å². The Morgan fingerprint density at radius 1 is 1.71 bits per heavy atom. The van der Waals surface area contributed by atoms with E-state index in [0.29, 0.717) is 6.42 Å². The standard InChI is InChI=1S/C6H9O/c1-2-3-4-5-6-7/h2H,1,3-5H2. The molecule has 0 aromatic rings. The van der Waals surface area contributed by atoms with Crippen molar-refractivity contribution in [3.8, 4) is 0 Å². The normalized spacial score (nSPS) is 8.00. The second-order valence-electron chi connectivity index (χ2n) is 1.33. The van der Waals surface area contributed by atoms with Crippen molar-refractivity contribution in [3.63, 3.8) is 0 Å². The summed E-state index contributed by atoms with van der Waals surface area (Å²) in [6.45, 7) is 3.50. The van der Waals surface area contributed by atoms with E-state index in [1.807, 2.05) is 0 Å². The van der Waals surface area contributed by atoms with Gasteiger partial charge in [-0.25, -0.2) is 0 Å². The fourth-order valence-electron chi connectivity index (χ4n) is 0.319. The van der Waals surface area contributed by atoms with E-state index in [1.165, 1.54) is 0 Å². The molecular formula is C6H9O. The SMILES string of the molecule is C=CCCC[C]=O. The van der Waals surface area contributed by atoms with Crippen LogP contribution in [-0.2, 0) is 4.79 Å². The molecule has 7 heavy (non-hydrogen) atoms. The van der Waals surface area contributed by atoms with Crippen LogP contribution < -0.4 is 0 Å². The molecule has 0 heterocycles. The number of hydrogen-bond donors (Lipinski definition) is 0. The Bertz CT molecular complexity index is 49.2. The predicted octanol–water partition coefficient (Wildman–Crippen LogP) is 1.45. The van der Waals surface area contributed by atoms with Gasteiger partial charge in [-0.15, -0.1) is 6.58 Å². The quantitative estimate of drug-likeness (QED) is 0.383. The van der Waals surface area contributed by atoms with Gasteiger partial charge in [-0.3, -0.25) is 4.79 Å². The summed E-state index contributed by atoms with van der Waals surface area (Å²) in [5, 5.41) is 0. The molecule has 0 saturated heterocycles. The number of unbranched alkanes of at least 4 members (excludes halogenated alkanes) is 2. The van der Waals surface area contributed by atoms with Crippen LogP contribution in [0.15, 0.2) is 12.7 Å². The van der Waals surface area contributed by atoms with Crippen molar-refractivity contribution in [1.29, 1.82) is 0 Å². The molecule has 0 rings (SSSR count). The molecule has 0 N–H and O–H groups in total. The summed E-state index contributed by atoms with van der Waals surface area (Å²) >= 11 is 0. The second kappa shape index (κ2) is 5.41. The van der Waals surface area contributed by atoms with E-state index in [2.05, 4.69) is 6.58 Å². The number of allylic oxidation sites excluding steroid dienone is 1. The van der Waals surface area contributed by atoms with Crippen molar-refractivity contribution >= 4 is 6.29 Å². The Morgan fingerprint density at radius 2 is 2.43 bits per heavy atom. The fourth-order valence-corrected chi connectivity index (χ4v) is 0.319. The van der Waals surface area contributed by atoms with E-state index >= 15 is 0 Å². The largest absolute Gasteiger partial charge is 0.291 e. The van der Waals surface area contributed by atoms with Crippen LogP contribution in [0.25, 0.3) is 0 Å². The monoisotopic (exact) mass is 97.1 g/mol. The highest BCUT2D eigenvalue weighted by Gasteiger charge is 1.78. The van der Waals surface area contributed by atoms with Crippen LogP contribution in [0.4, 0.5) is 0 Å². The number of rotatable bonds is 4. The third-order valence-electron chi connectivity index (χ3n) is 0.687. The first kappa shape index (κ1) is 6.41. The first-order valence-corrected chi connectivity index (χ1v) is 2.37. The van der Waals surface area contributed by atoms with E-state index in [-0.39, 0.29) is 0 Å². The zero-order valence-electron chi connectivity index (χ0n) is 4.31. The van der Waals surface area contributed by atoms with Crippen molar-refractivity contribution in [3.05, 3.63) is 12.7 Å². The Labute approximate surface area is 44.0 Å². The molecule has 0 atom stereocenters. The highest BCUT2D eigenvalue weighted by Crippen LogP contribution is 1.90. The minimum atomic E-state index is 0.548. The summed E-state index contributed by atoms with van der Waals surface area (Å²) in [7, 11) is 0. The summed E-state index contributed by atoms with van der Waals surface area (Å²) in [4.78, 5) is 9.52. The lowest BCUT2D eigenvalue weighted by molar-refractivity contribution is 0.549. The molecule has 0 aromatic carbocycles. The Kier molecular flexibility index (Phi) is 4.95. The maximum Gasteiger partial charge on any atom is 0.198 e. The molecule has 0 amide bonds. The van der Waals surface area contributed by atoms with Crippen LogP contribution in [0.5, 0.6) is 0 Å². The van der Waals surface area contributed by atoms with Crippen molar-refractivity contribution in [2.45, 2.75) is 19.3 Å². The predicted molar refractivity (Wildman–Crippen MR) is 29.7 cm³/mol. The van der Waals surface area contributed by atoms with Crippen LogP contribution in [0.2, 0.25) is 0 Å². The maximum atomic E-state index is 9.52. The minimum Gasteiger partial charge on any atom is -0.291 e. The highest BCUT2D eigenvalue weighted by molar-refractivity contribution is 5.50. The van der Waals surface area contributed by atoms with Gasteiger partial charge in [0.15, 0.2) is 6.29 Å². The van der Waals surface area contributed by atoms with Gasteiger partial charge < -0.3 is 0 Å². The molecule has 0 aliphatic rings. The van der Waals surface area contributed by atoms with Crippen LogP contribution in [0, 0.1) is 0 Å². The highest BCUT2D eigenvalue weighted by atomic mass is 16.1. The molecule has 1 nitrogen and oxygen atoms in total. The maximum absolute atomic E-state index is 9.52. The molecule has 0 saturated carbocycles. The lowest BCUT2D eigenvalue weighted by Gasteiger charge is -1.80. The Balaban J connectivity index is 2.68. The molecule has 0 fully saturated rings. The van der Waals surface area contributed by atoms with Crippen molar-refractivity contribution in [2.75, 3.05) is 0 Å². The Morgan fingerprint density at radius 3 is 2.86 bits per heavy atom. The second-order valence-corrected chi connectivity index (χ2v) is 1.33. The molecule has 0 aromatic heterocycles. The molecule has 1 heteroatoms. The van der Waals surface area contributed by atoms with E-state index in [4.69, 9.17) is 0 Å². The number of carbonyl (C=O) groups excluding carboxylic acids is 1. The minimum absolute atomic E-state index is 0.548. The first-order chi connectivity index (χ1) is 3.41. The molecule has 0 unspecified atom stereocenters. The molecule has 0 spiro atoms. The molecule has 0 aliphatic heterocycles. The first-order valence-electron chi connectivity index (χ1n) is 2.37. The van der Waals surface area contributed by atoms with Gasteiger partial charge in [-0.1, -0.05) is 6.08 Å². The molecule has 0 aliphatic carbocycles. The number of hydrogen-bond acceptors (Lipinski definition) is 1. The van der Waals surface area contributed by atoms with Crippen LogP contribution >= 0.6 is 0 Å². The van der Waals surface area contributed by atoms with Gasteiger partial charge in [0.1, 0.15) is 0 Å². The average Bonchev–Trinajstić information content (AvgIpc) is 1.69. The molecule has 39 valence electrons. The summed E-state index contributed by atoms with van der Waals surface area (Å²) in [6.07, 6.45) is 5.98. The van der Waals surface area contributed by atoms with E-state index < -0.39 is 0 Å². The summed E-state index contributed by atoms with van der Waals surface area (Å²) < 4.78 is 0. The van der Waals surface area contributed by atoms with E-state index in [0.717, 1.165) is 12.8 Å². The zero-order chi connectivity index (χ0) is 5.54. The molecule has 0 bridgehead atoms. The summed E-state index contributed by atoms with van der Waals surface area (Å²) in [5.74, 6) is 0. The van der Waals surface area contributed by atoms with E-state index in [9.17, 15) is 4.79 Å². The third-order valence-corrected chi connectivity index (χ3v) is 0.687. The van der Waals surface area contributed by atoms with Gasteiger partial charge in [-0.05, 0) is 12.8 Å². The molecular weight excluding hydrogens is 88.1 g/mol. The zero-order valence-corrected chi connectivity index (χ0v) is 4.31. The van der Waals surface area contributed by atoms with Crippen molar-refractivity contribution in [1.82, 2.24) is 0 Å². The molecule has 1 radical (unpaired) electrons. The fraction of sp³-hybridized carbons (Fsp3) is 0.500. The third kappa shape index (κ3) is 5.41. The Hall–Kier alpha value is -0.590. The van der Waals surface area contributed by atoms with Gasteiger partial charge in [0, 0.05) is 6.42 Å². The van der Waals surface area contributed by atoms with Crippen LogP contribution in [-0.4, -0.2) is 6.29 Å². The van der Waals surface area contributed by atoms with Gasteiger partial charge >= 0.3 is 0 Å². The van der Waals surface area contributed by atoms with Gasteiger partial charge in [-0.2, -0.15) is 0 Å². The lowest BCUT2D eigenvalue weighted by Crippen LogP contribution is -1.71. The van der Waals surface area contributed by atoms with Crippen molar-refractivity contribution < 1.29 is 4.79 Å². The van der Waals surface area contributed by atoms with Crippen LogP contribution in [0.3, 0.4) is 0 Å². The average molecular weight is 97.1 g/mol. The smallest absolute Gasteiger partial charge is 0.198 e. The van der Waals surface area contributed by atoms with Gasteiger partial charge in [0.2, 0.25) is 0 Å². The van der Waals surface area contributed by atoms with Crippen molar-refractivity contribution in [2.24, 2.45) is 0 Å². The lowest BCUT2D eigenvalue weighted by atomic mass is 10.2. The van der Waals surface area contributed by atoms with Crippen LogP contribution in [0.1, 0.15) is 19.3 Å².